The molecule has 3 aromatic carbocycles. The summed E-state index contributed by atoms with van der Waals surface area (Å²) in [7, 11) is 2.61. The van der Waals surface area contributed by atoms with Gasteiger partial charge in [-0.3, -0.25) is 9.59 Å². The van der Waals surface area contributed by atoms with Gasteiger partial charge in [0, 0.05) is 35.6 Å². The monoisotopic (exact) mass is 860 g/mol. The van der Waals surface area contributed by atoms with E-state index in [0.717, 1.165) is 106 Å². The molecule has 16 nitrogen and oxygen atoms in total. The van der Waals surface area contributed by atoms with Crippen molar-refractivity contribution in [1.29, 1.82) is 0 Å². The van der Waals surface area contributed by atoms with E-state index in [2.05, 4.69) is 75.8 Å². The number of carbonyl (C=O) groups excluding carboxylic acids is 4. The Labute approximate surface area is 365 Å². The molecule has 5 aromatic rings. The standard InChI is InChI=1S/C47H56N8O8/c1-6-30-12-15-37(55(30)45(57)41(53-47(59)61-5)28-9-8-16-62-23-28)43-50-35-14-11-26-19-34-32-13-10-27(18-29(32)24-63-38(34)20-33(26)42(35)51-43)36-21-48-39(49-36)22-54-31(7-2)17-25(3)40(44(54)56)52-46(58)60-4/h10-11,13-14,18-21,25,28,30-31,37,40-41H,6-9,12,15-17,22-24H2,1-5H3,(H,48,49)(H,50,51)(H,52,58)(H,53,59)/t25?,28-,30-,31+,37-,40-,41-/m0/s1. The van der Waals surface area contributed by atoms with Crippen LogP contribution in [0.5, 0.6) is 5.75 Å². The lowest BCUT2D eigenvalue weighted by atomic mass is 9.86. The van der Waals surface area contributed by atoms with E-state index in [1.54, 1.807) is 6.20 Å². The molecule has 63 heavy (non-hydrogen) atoms. The highest BCUT2D eigenvalue weighted by Crippen LogP contribution is 2.44. The van der Waals surface area contributed by atoms with Crippen molar-refractivity contribution in [2.75, 3.05) is 27.4 Å². The molecule has 4 aliphatic heterocycles. The minimum Gasteiger partial charge on any atom is -0.488 e. The van der Waals surface area contributed by atoms with E-state index < -0.39 is 24.3 Å². The van der Waals surface area contributed by atoms with Gasteiger partial charge < -0.3 is 49.3 Å². The third-order valence-electron chi connectivity index (χ3n) is 13.7. The smallest absolute Gasteiger partial charge is 0.407 e. The first-order valence-corrected chi connectivity index (χ1v) is 22.2. The molecule has 2 aromatic heterocycles. The predicted octanol–water partition coefficient (Wildman–Crippen LogP) is 7.13. The molecule has 1 unspecified atom stereocenters. The molecule has 0 radical (unpaired) electrons. The van der Waals surface area contributed by atoms with Crippen LogP contribution < -0.4 is 15.4 Å². The van der Waals surface area contributed by atoms with Gasteiger partial charge in [-0.2, -0.15) is 0 Å². The number of methoxy groups -OCH3 is 2. The van der Waals surface area contributed by atoms with Crippen LogP contribution >= 0.6 is 0 Å². The van der Waals surface area contributed by atoms with Gasteiger partial charge in [0.05, 0.1) is 56.3 Å². The van der Waals surface area contributed by atoms with Crippen molar-refractivity contribution in [2.24, 2.45) is 11.8 Å². The van der Waals surface area contributed by atoms with Gasteiger partial charge in [-0.05, 0) is 97.2 Å². The molecule has 4 N–H and O–H groups in total. The lowest BCUT2D eigenvalue weighted by Crippen LogP contribution is -2.59. The number of ether oxygens (including phenoxy) is 4. The van der Waals surface area contributed by atoms with Crippen LogP contribution in [0.15, 0.2) is 48.7 Å². The molecule has 332 valence electrons. The zero-order chi connectivity index (χ0) is 43.9. The van der Waals surface area contributed by atoms with Crippen LogP contribution in [0, 0.1) is 11.8 Å². The molecule has 7 atom stereocenters. The van der Waals surface area contributed by atoms with Gasteiger partial charge in [0.2, 0.25) is 11.8 Å². The summed E-state index contributed by atoms with van der Waals surface area (Å²) >= 11 is 0. The van der Waals surface area contributed by atoms with Crippen LogP contribution in [0.25, 0.3) is 44.2 Å². The maximum absolute atomic E-state index is 14.5. The fraction of sp³-hybridized carbons (Fsp3) is 0.489. The first-order valence-electron chi connectivity index (χ1n) is 22.2. The number of rotatable bonds is 10. The number of aromatic amines is 2. The number of piperidine rings is 1. The topological polar surface area (TPSA) is 193 Å². The van der Waals surface area contributed by atoms with E-state index in [9.17, 15) is 19.2 Å². The van der Waals surface area contributed by atoms with E-state index in [0.29, 0.717) is 32.2 Å². The van der Waals surface area contributed by atoms with Gasteiger partial charge in [0.25, 0.3) is 0 Å². The summed E-state index contributed by atoms with van der Waals surface area (Å²) in [5.74, 6) is 1.70. The Morgan fingerprint density at radius 2 is 1.79 bits per heavy atom. The predicted molar refractivity (Wildman–Crippen MR) is 234 cm³/mol. The molecule has 3 fully saturated rings. The molecular weight excluding hydrogens is 805 g/mol. The Morgan fingerprint density at radius 1 is 0.968 bits per heavy atom. The molecular formula is C47H56N8O8. The van der Waals surface area contributed by atoms with Gasteiger partial charge in [0.1, 0.15) is 36.1 Å². The van der Waals surface area contributed by atoms with Gasteiger partial charge in [-0.1, -0.05) is 39.0 Å². The molecule has 4 amide bonds. The van der Waals surface area contributed by atoms with E-state index in [-0.39, 0.29) is 41.8 Å². The number of nitrogens with one attached hydrogen (secondary N) is 4. The number of likely N-dealkylation sites (tertiary alicyclic amines) is 2. The Bertz CT molecular complexity index is 2550. The minimum atomic E-state index is -0.765. The van der Waals surface area contributed by atoms with Crippen molar-refractivity contribution in [3.8, 4) is 28.1 Å². The number of nitrogens with zero attached hydrogens (tertiary/aromatic N) is 4. The summed E-state index contributed by atoms with van der Waals surface area (Å²) in [5, 5.41) is 7.54. The second kappa shape index (κ2) is 17.5. The van der Waals surface area contributed by atoms with Crippen molar-refractivity contribution < 1.29 is 38.1 Å². The van der Waals surface area contributed by atoms with Crippen LogP contribution in [0.2, 0.25) is 0 Å². The third-order valence-corrected chi connectivity index (χ3v) is 13.7. The van der Waals surface area contributed by atoms with Crippen molar-refractivity contribution in [3.63, 3.8) is 0 Å². The van der Waals surface area contributed by atoms with E-state index in [1.807, 2.05) is 22.8 Å². The zero-order valence-corrected chi connectivity index (χ0v) is 36.5. The van der Waals surface area contributed by atoms with Crippen molar-refractivity contribution >= 4 is 45.8 Å². The largest absolute Gasteiger partial charge is 0.488 e. The average molecular weight is 861 g/mol. The van der Waals surface area contributed by atoms with Gasteiger partial charge in [0.15, 0.2) is 0 Å². The summed E-state index contributed by atoms with van der Waals surface area (Å²) in [4.78, 5) is 73.3. The summed E-state index contributed by atoms with van der Waals surface area (Å²) in [6.07, 6.45) is 6.06. The Balaban J connectivity index is 0.960. The number of hydrogen-bond acceptors (Lipinski definition) is 10. The fourth-order valence-electron chi connectivity index (χ4n) is 10.3. The summed E-state index contributed by atoms with van der Waals surface area (Å²) in [6, 6.07) is 13.0. The zero-order valence-electron chi connectivity index (χ0n) is 36.5. The number of fused-ring (bicyclic) bond motifs is 6. The van der Waals surface area contributed by atoms with Crippen LogP contribution in [-0.4, -0.2) is 105 Å². The highest BCUT2D eigenvalue weighted by molar-refractivity contribution is 6.07. The average Bonchev–Trinajstić information content (AvgIpc) is 4.08. The summed E-state index contributed by atoms with van der Waals surface area (Å²) in [5.41, 5.74) is 6.57. The molecule has 6 heterocycles. The minimum absolute atomic E-state index is 0.00399. The third kappa shape index (κ3) is 7.93. The van der Waals surface area contributed by atoms with Crippen molar-refractivity contribution in [1.82, 2.24) is 40.4 Å². The Hall–Kier alpha value is -6.16. The quantitative estimate of drug-likeness (QED) is 0.112. The van der Waals surface area contributed by atoms with E-state index >= 15 is 0 Å². The number of imidazole rings is 2. The first kappa shape index (κ1) is 42.2. The summed E-state index contributed by atoms with van der Waals surface area (Å²) in [6.45, 7) is 7.86. The highest BCUT2D eigenvalue weighted by atomic mass is 16.5. The lowest BCUT2D eigenvalue weighted by molar-refractivity contribution is -0.142. The van der Waals surface area contributed by atoms with Crippen molar-refractivity contribution in [2.45, 2.75) is 109 Å². The molecule has 3 saturated heterocycles. The van der Waals surface area contributed by atoms with E-state index in [4.69, 9.17) is 23.9 Å². The van der Waals surface area contributed by atoms with E-state index in [1.165, 1.54) is 14.2 Å². The molecule has 0 saturated carbocycles. The maximum atomic E-state index is 14.5. The number of benzene rings is 3. The normalized spacial score (nSPS) is 23.8. The highest BCUT2D eigenvalue weighted by Gasteiger charge is 2.44. The second-order valence-corrected chi connectivity index (χ2v) is 17.4. The fourth-order valence-corrected chi connectivity index (χ4v) is 10.3. The SMILES string of the molecule is CC[C@@H]1CC(C)[C@H](NC(=O)OC)C(=O)N1Cc1ncc(-c2ccc3c(c2)COc2cc4c(ccc5[nH]c([C@@H]6CC[C@H](CC)N6C(=O)[C@@H](NC(=O)OC)[C@H]6CCCOC6)nc54)cc2-3)[nH]1. The number of H-pyrrole nitrogens is 2. The Morgan fingerprint density at radius 3 is 2.56 bits per heavy atom. The van der Waals surface area contributed by atoms with Crippen LogP contribution in [0.1, 0.15) is 89.0 Å². The second-order valence-electron chi connectivity index (χ2n) is 17.4. The summed E-state index contributed by atoms with van der Waals surface area (Å²) < 4.78 is 21.9. The molecule has 0 aliphatic carbocycles. The van der Waals surface area contributed by atoms with Crippen molar-refractivity contribution in [3.05, 3.63) is 65.9 Å². The van der Waals surface area contributed by atoms with Gasteiger partial charge in [-0.15, -0.1) is 0 Å². The van der Waals surface area contributed by atoms with Gasteiger partial charge >= 0.3 is 12.2 Å². The molecule has 16 heteroatoms. The number of alkyl carbamates (subject to hydrolysis) is 2. The molecule has 4 aliphatic rings. The maximum Gasteiger partial charge on any atom is 0.407 e. The van der Waals surface area contributed by atoms with Crippen LogP contribution in [0.4, 0.5) is 9.59 Å². The number of aromatic nitrogens is 4. The molecule has 0 bridgehead atoms. The van der Waals surface area contributed by atoms with Crippen LogP contribution in [-0.2, 0) is 37.0 Å². The number of amides is 4. The molecule has 0 spiro atoms. The molecule has 9 rings (SSSR count). The van der Waals surface area contributed by atoms with Crippen LogP contribution in [0.3, 0.4) is 0 Å². The lowest BCUT2D eigenvalue weighted by Gasteiger charge is -2.42. The van der Waals surface area contributed by atoms with Gasteiger partial charge in [-0.25, -0.2) is 19.6 Å². The number of carbonyl (C=O) groups is 4. The first-order chi connectivity index (χ1) is 30.6. The number of hydrogen-bond donors (Lipinski definition) is 4. The Kier molecular flexibility index (Phi) is 11.7.